The standard InChI is InChI=1S/C15H11FN2O2/c16-13-5-2-6-14(12(13)8-15(19)20)18-11-4-1-3-10(7-11)9-17/h1-7,18H,8H2,(H,19,20). The number of carboxylic acids is 1. The van der Waals surface area contributed by atoms with Crippen molar-refractivity contribution in [1.29, 1.82) is 5.26 Å². The van der Waals surface area contributed by atoms with Crippen molar-refractivity contribution in [3.05, 3.63) is 59.4 Å². The number of carbonyl (C=O) groups is 1. The van der Waals surface area contributed by atoms with Gasteiger partial charge >= 0.3 is 5.97 Å². The maximum atomic E-state index is 13.7. The molecule has 0 aliphatic heterocycles. The lowest BCUT2D eigenvalue weighted by Gasteiger charge is -2.12. The molecule has 2 N–H and O–H groups in total. The number of carboxylic acid groups (broad SMARTS) is 1. The molecule has 0 aliphatic carbocycles. The fourth-order valence-corrected chi connectivity index (χ4v) is 1.83. The minimum Gasteiger partial charge on any atom is -0.481 e. The summed E-state index contributed by atoms with van der Waals surface area (Å²) in [6.07, 6.45) is -0.410. The summed E-state index contributed by atoms with van der Waals surface area (Å²) in [6.45, 7) is 0. The van der Waals surface area contributed by atoms with E-state index in [1.165, 1.54) is 12.1 Å². The molecule has 2 aromatic carbocycles. The molecule has 5 heteroatoms. The van der Waals surface area contributed by atoms with Crippen molar-refractivity contribution in [2.24, 2.45) is 0 Å². The molecule has 0 bridgehead atoms. The number of hydrogen-bond donors (Lipinski definition) is 2. The number of nitriles is 1. The van der Waals surface area contributed by atoms with Crippen LogP contribution in [0.15, 0.2) is 42.5 Å². The van der Waals surface area contributed by atoms with E-state index in [1.54, 1.807) is 30.3 Å². The SMILES string of the molecule is N#Cc1cccc(Nc2cccc(F)c2CC(=O)O)c1. The van der Waals surface area contributed by atoms with E-state index in [4.69, 9.17) is 10.4 Å². The lowest BCUT2D eigenvalue weighted by atomic mass is 10.1. The summed E-state index contributed by atoms with van der Waals surface area (Å²) in [5, 5.41) is 20.6. The van der Waals surface area contributed by atoms with Crippen LogP contribution in [0.3, 0.4) is 0 Å². The molecule has 0 radical (unpaired) electrons. The molecule has 0 unspecified atom stereocenters. The third kappa shape index (κ3) is 3.12. The van der Waals surface area contributed by atoms with Crippen LogP contribution in [0, 0.1) is 17.1 Å². The van der Waals surface area contributed by atoms with Gasteiger partial charge in [-0.2, -0.15) is 5.26 Å². The molecule has 0 saturated heterocycles. The van der Waals surface area contributed by atoms with Crippen molar-refractivity contribution >= 4 is 17.3 Å². The minimum absolute atomic E-state index is 0.0855. The summed E-state index contributed by atoms with van der Waals surface area (Å²) in [7, 11) is 0. The van der Waals surface area contributed by atoms with Gasteiger partial charge in [-0.05, 0) is 30.3 Å². The van der Waals surface area contributed by atoms with E-state index in [2.05, 4.69) is 5.32 Å². The van der Waals surface area contributed by atoms with E-state index in [-0.39, 0.29) is 5.56 Å². The van der Waals surface area contributed by atoms with Gasteiger partial charge in [0.25, 0.3) is 0 Å². The first kappa shape index (κ1) is 13.6. The highest BCUT2D eigenvalue weighted by Gasteiger charge is 2.12. The summed E-state index contributed by atoms with van der Waals surface area (Å²) in [4.78, 5) is 10.8. The topological polar surface area (TPSA) is 73.1 Å². The summed E-state index contributed by atoms with van der Waals surface area (Å²) in [5.41, 5.74) is 1.53. The Morgan fingerprint density at radius 1 is 1.30 bits per heavy atom. The molecule has 0 saturated carbocycles. The second-order valence-electron chi connectivity index (χ2n) is 4.15. The molecule has 0 aliphatic rings. The average molecular weight is 270 g/mol. The van der Waals surface area contributed by atoms with Gasteiger partial charge in [0.05, 0.1) is 18.1 Å². The average Bonchev–Trinajstić information content (AvgIpc) is 2.42. The van der Waals surface area contributed by atoms with Crippen molar-refractivity contribution in [3.63, 3.8) is 0 Å². The maximum Gasteiger partial charge on any atom is 0.308 e. The van der Waals surface area contributed by atoms with Crippen molar-refractivity contribution < 1.29 is 14.3 Å². The maximum absolute atomic E-state index is 13.7. The van der Waals surface area contributed by atoms with Crippen LogP contribution in [0.25, 0.3) is 0 Å². The number of nitrogens with zero attached hydrogens (tertiary/aromatic N) is 1. The molecule has 20 heavy (non-hydrogen) atoms. The summed E-state index contributed by atoms with van der Waals surface area (Å²) in [6, 6.07) is 13.0. The first-order chi connectivity index (χ1) is 9.60. The second kappa shape index (κ2) is 5.85. The number of rotatable bonds is 4. The monoisotopic (exact) mass is 270 g/mol. The minimum atomic E-state index is -1.11. The van der Waals surface area contributed by atoms with Crippen LogP contribution in [-0.4, -0.2) is 11.1 Å². The Bertz CT molecular complexity index is 693. The summed E-state index contributed by atoms with van der Waals surface area (Å²) < 4.78 is 13.7. The smallest absolute Gasteiger partial charge is 0.308 e. The predicted octanol–water partition coefficient (Wildman–Crippen LogP) is 3.07. The fraction of sp³-hybridized carbons (Fsp3) is 0.0667. The Kier molecular flexibility index (Phi) is 3.96. The van der Waals surface area contributed by atoms with Crippen LogP contribution in [0.1, 0.15) is 11.1 Å². The van der Waals surface area contributed by atoms with Gasteiger partial charge in [-0.15, -0.1) is 0 Å². The number of aliphatic carboxylic acids is 1. The third-order valence-electron chi connectivity index (χ3n) is 2.72. The van der Waals surface area contributed by atoms with Gasteiger partial charge in [0.15, 0.2) is 0 Å². The Labute approximate surface area is 115 Å². The van der Waals surface area contributed by atoms with E-state index >= 15 is 0 Å². The normalized spacial score (nSPS) is 9.80. The van der Waals surface area contributed by atoms with Gasteiger partial charge < -0.3 is 10.4 Å². The number of halogens is 1. The molecule has 4 nitrogen and oxygen atoms in total. The Morgan fingerprint density at radius 2 is 2.05 bits per heavy atom. The largest absolute Gasteiger partial charge is 0.481 e. The van der Waals surface area contributed by atoms with Crippen LogP contribution in [0.5, 0.6) is 0 Å². The van der Waals surface area contributed by atoms with Gasteiger partial charge in [0.1, 0.15) is 5.82 Å². The zero-order chi connectivity index (χ0) is 14.5. The lowest BCUT2D eigenvalue weighted by Crippen LogP contribution is -2.06. The van der Waals surface area contributed by atoms with Gasteiger partial charge in [-0.25, -0.2) is 4.39 Å². The van der Waals surface area contributed by atoms with E-state index in [0.29, 0.717) is 16.9 Å². The first-order valence-electron chi connectivity index (χ1n) is 5.86. The molecule has 2 aromatic rings. The van der Waals surface area contributed by atoms with Crippen LogP contribution in [0.2, 0.25) is 0 Å². The van der Waals surface area contributed by atoms with Gasteiger partial charge in [0, 0.05) is 16.9 Å². The molecule has 0 aromatic heterocycles. The quantitative estimate of drug-likeness (QED) is 0.895. The van der Waals surface area contributed by atoms with Crippen molar-refractivity contribution in [3.8, 4) is 6.07 Å². The summed E-state index contributed by atoms with van der Waals surface area (Å²) in [5.74, 6) is -1.68. The van der Waals surface area contributed by atoms with E-state index in [9.17, 15) is 9.18 Å². The fourth-order valence-electron chi connectivity index (χ4n) is 1.83. The molecule has 0 amide bonds. The Morgan fingerprint density at radius 3 is 2.75 bits per heavy atom. The number of nitrogens with one attached hydrogen (secondary N) is 1. The molecule has 0 spiro atoms. The second-order valence-corrected chi connectivity index (χ2v) is 4.15. The highest BCUT2D eigenvalue weighted by molar-refractivity contribution is 5.75. The molecule has 100 valence electrons. The van der Waals surface area contributed by atoms with Crippen LogP contribution in [0.4, 0.5) is 15.8 Å². The number of benzene rings is 2. The lowest BCUT2D eigenvalue weighted by molar-refractivity contribution is -0.136. The van der Waals surface area contributed by atoms with Gasteiger partial charge in [-0.3, -0.25) is 4.79 Å². The summed E-state index contributed by atoms with van der Waals surface area (Å²) >= 11 is 0. The van der Waals surface area contributed by atoms with Crippen molar-refractivity contribution in [2.75, 3.05) is 5.32 Å². The highest BCUT2D eigenvalue weighted by Crippen LogP contribution is 2.24. The van der Waals surface area contributed by atoms with E-state index < -0.39 is 18.2 Å². The van der Waals surface area contributed by atoms with E-state index in [0.717, 1.165) is 0 Å². The molecule has 0 atom stereocenters. The third-order valence-corrected chi connectivity index (χ3v) is 2.72. The molecular formula is C15H11FN2O2. The van der Waals surface area contributed by atoms with Gasteiger partial charge in [0.2, 0.25) is 0 Å². The number of hydrogen-bond acceptors (Lipinski definition) is 3. The highest BCUT2D eigenvalue weighted by atomic mass is 19.1. The van der Waals surface area contributed by atoms with E-state index in [1.807, 2.05) is 6.07 Å². The first-order valence-corrected chi connectivity index (χ1v) is 5.86. The predicted molar refractivity (Wildman–Crippen MR) is 72.2 cm³/mol. The zero-order valence-corrected chi connectivity index (χ0v) is 10.4. The van der Waals surface area contributed by atoms with Crippen LogP contribution < -0.4 is 5.32 Å². The zero-order valence-electron chi connectivity index (χ0n) is 10.4. The van der Waals surface area contributed by atoms with Crippen molar-refractivity contribution in [1.82, 2.24) is 0 Å². The number of anilines is 2. The Balaban J connectivity index is 2.35. The van der Waals surface area contributed by atoms with Crippen molar-refractivity contribution in [2.45, 2.75) is 6.42 Å². The van der Waals surface area contributed by atoms with Crippen LogP contribution in [-0.2, 0) is 11.2 Å². The Hall–Kier alpha value is -2.87. The molecular weight excluding hydrogens is 259 g/mol. The molecule has 2 rings (SSSR count). The molecule has 0 fully saturated rings. The molecule has 0 heterocycles. The van der Waals surface area contributed by atoms with Gasteiger partial charge in [-0.1, -0.05) is 12.1 Å². The van der Waals surface area contributed by atoms with Crippen LogP contribution >= 0.6 is 0 Å².